The van der Waals surface area contributed by atoms with Crippen LogP contribution in [0.2, 0.25) is 0 Å². The Morgan fingerprint density at radius 3 is 2.69 bits per heavy atom. The van der Waals surface area contributed by atoms with Gasteiger partial charge < -0.3 is 14.8 Å². The zero-order chi connectivity index (χ0) is 18.3. The van der Waals surface area contributed by atoms with Gasteiger partial charge in [0.1, 0.15) is 11.5 Å². The van der Waals surface area contributed by atoms with Gasteiger partial charge in [0.25, 0.3) is 0 Å². The summed E-state index contributed by atoms with van der Waals surface area (Å²) in [6.07, 6.45) is 1.80. The van der Waals surface area contributed by atoms with Crippen LogP contribution in [0.4, 0.5) is 4.79 Å². The van der Waals surface area contributed by atoms with E-state index in [1.165, 1.54) is 0 Å². The molecule has 2 unspecified atom stereocenters. The largest absolute Gasteiger partial charge is 0.496 e. The van der Waals surface area contributed by atoms with Crippen LogP contribution in [0.5, 0.6) is 11.5 Å². The van der Waals surface area contributed by atoms with Gasteiger partial charge in [-0.05, 0) is 52.5 Å². The molecule has 2 amide bonds. The van der Waals surface area contributed by atoms with Crippen LogP contribution in [0, 0.1) is 5.92 Å². The van der Waals surface area contributed by atoms with Gasteiger partial charge in [-0.1, -0.05) is 18.2 Å². The van der Waals surface area contributed by atoms with Gasteiger partial charge in [0.05, 0.1) is 30.4 Å². The fraction of sp³-hybridized carbons (Fsp3) is 0.300. The van der Waals surface area contributed by atoms with Crippen molar-refractivity contribution in [1.82, 2.24) is 5.32 Å². The molecule has 134 valence electrons. The van der Waals surface area contributed by atoms with Crippen molar-refractivity contribution in [3.8, 4) is 11.5 Å². The Labute approximate surface area is 160 Å². The molecule has 0 saturated heterocycles. The lowest BCUT2D eigenvalue weighted by atomic mass is 9.75. The molecule has 26 heavy (non-hydrogen) atoms. The molecule has 0 fully saturated rings. The number of fused-ring (bicyclic) bond motifs is 3. The number of nitrogens with one attached hydrogen (secondary N) is 1. The quantitative estimate of drug-likeness (QED) is 0.814. The number of carbonyl (C=O) groups excluding carboxylic acids is 1. The van der Waals surface area contributed by atoms with Crippen LogP contribution in [-0.4, -0.2) is 26.0 Å². The molecular formula is C20H19BrN2O3. The topological polar surface area (TPSA) is 59.9 Å². The molecular weight excluding hydrogens is 396 g/mol. The molecule has 1 heterocycles. The summed E-state index contributed by atoms with van der Waals surface area (Å²) in [5, 5.41) is 3.04. The van der Waals surface area contributed by atoms with Crippen LogP contribution in [-0.2, 0) is 6.42 Å². The maximum atomic E-state index is 12.3. The number of hydrogen-bond donors (Lipinski definition) is 1. The highest BCUT2D eigenvalue weighted by Gasteiger charge is 2.38. The highest BCUT2D eigenvalue weighted by molar-refractivity contribution is 9.10. The van der Waals surface area contributed by atoms with Gasteiger partial charge >= 0.3 is 6.03 Å². The first-order valence-electron chi connectivity index (χ1n) is 8.51. The molecule has 0 saturated carbocycles. The van der Waals surface area contributed by atoms with Gasteiger partial charge in [0, 0.05) is 17.0 Å². The molecule has 0 aromatic heterocycles. The lowest BCUT2D eigenvalue weighted by Gasteiger charge is -2.36. The summed E-state index contributed by atoms with van der Waals surface area (Å²) < 4.78 is 11.7. The molecule has 0 spiro atoms. The zero-order valence-corrected chi connectivity index (χ0v) is 16.2. The first-order chi connectivity index (χ1) is 12.6. The molecule has 0 radical (unpaired) electrons. The smallest absolute Gasteiger partial charge is 0.341 e. The summed E-state index contributed by atoms with van der Waals surface area (Å²) in [5.74, 6) is 1.76. The fourth-order valence-corrected chi connectivity index (χ4v) is 4.48. The van der Waals surface area contributed by atoms with Crippen molar-refractivity contribution in [2.24, 2.45) is 10.9 Å². The summed E-state index contributed by atoms with van der Waals surface area (Å²) in [5.41, 5.74) is 4.04. The number of halogens is 1. The Morgan fingerprint density at radius 1 is 1.15 bits per heavy atom. The molecule has 1 N–H and O–H groups in total. The van der Waals surface area contributed by atoms with Crippen LogP contribution >= 0.6 is 15.9 Å². The molecule has 2 aliphatic rings. The minimum atomic E-state index is -0.302. The van der Waals surface area contributed by atoms with Crippen LogP contribution in [0.15, 0.2) is 45.9 Å². The average molecular weight is 415 g/mol. The maximum absolute atomic E-state index is 12.3. The molecule has 5 nitrogen and oxygen atoms in total. The summed E-state index contributed by atoms with van der Waals surface area (Å²) in [6, 6.07) is 11.4. The van der Waals surface area contributed by atoms with E-state index in [0.29, 0.717) is 0 Å². The SMILES string of the molecule is COc1ccc(C2NC(=O)N=C3c4cccc(OC)c4CCC32)cc1Br. The van der Waals surface area contributed by atoms with Crippen molar-refractivity contribution in [2.45, 2.75) is 18.9 Å². The van der Waals surface area contributed by atoms with Gasteiger partial charge in [-0.25, -0.2) is 4.79 Å². The third kappa shape index (κ3) is 2.78. The number of hydrogen-bond acceptors (Lipinski definition) is 3. The number of methoxy groups -OCH3 is 2. The van der Waals surface area contributed by atoms with E-state index in [-0.39, 0.29) is 18.0 Å². The monoisotopic (exact) mass is 414 g/mol. The Kier molecular flexibility index (Phi) is 4.44. The number of ether oxygens (including phenoxy) is 2. The van der Waals surface area contributed by atoms with Crippen molar-refractivity contribution in [3.63, 3.8) is 0 Å². The van der Waals surface area contributed by atoms with Crippen LogP contribution in [0.1, 0.15) is 29.2 Å². The Hall–Kier alpha value is -2.34. The minimum Gasteiger partial charge on any atom is -0.496 e. The highest BCUT2D eigenvalue weighted by Crippen LogP contribution is 2.41. The Bertz CT molecular complexity index is 910. The van der Waals surface area contributed by atoms with E-state index in [2.05, 4.69) is 26.2 Å². The highest BCUT2D eigenvalue weighted by atomic mass is 79.9. The number of urea groups is 1. The molecule has 2 aromatic rings. The third-order valence-electron chi connectivity index (χ3n) is 5.12. The van der Waals surface area contributed by atoms with Crippen molar-refractivity contribution < 1.29 is 14.3 Å². The second kappa shape index (κ2) is 6.76. The Morgan fingerprint density at radius 2 is 1.96 bits per heavy atom. The van der Waals surface area contributed by atoms with Crippen molar-refractivity contribution in [2.75, 3.05) is 14.2 Å². The molecule has 2 aromatic carbocycles. The lowest BCUT2D eigenvalue weighted by molar-refractivity contribution is 0.239. The molecule has 2 atom stereocenters. The van der Waals surface area contributed by atoms with Gasteiger partial charge in [0.2, 0.25) is 0 Å². The summed E-state index contributed by atoms with van der Waals surface area (Å²) in [4.78, 5) is 16.6. The molecule has 6 heteroatoms. The first kappa shape index (κ1) is 17.1. The maximum Gasteiger partial charge on any atom is 0.341 e. The van der Waals surface area contributed by atoms with Crippen molar-refractivity contribution >= 4 is 27.7 Å². The molecule has 1 aliphatic carbocycles. The number of nitrogens with zero attached hydrogens (tertiary/aromatic N) is 1. The summed E-state index contributed by atoms with van der Waals surface area (Å²) in [6.45, 7) is 0. The summed E-state index contributed by atoms with van der Waals surface area (Å²) >= 11 is 3.54. The van der Waals surface area contributed by atoms with Gasteiger partial charge in [-0.3, -0.25) is 0 Å². The van der Waals surface area contributed by atoms with E-state index < -0.39 is 0 Å². The van der Waals surface area contributed by atoms with Crippen LogP contribution < -0.4 is 14.8 Å². The van der Waals surface area contributed by atoms with Crippen molar-refractivity contribution in [1.29, 1.82) is 0 Å². The van der Waals surface area contributed by atoms with E-state index in [9.17, 15) is 4.79 Å². The van der Waals surface area contributed by atoms with Gasteiger partial charge in [-0.2, -0.15) is 4.99 Å². The standard InChI is InChI=1S/C20H19BrN2O3/c1-25-16-5-3-4-13-12(16)7-8-14-18(22-20(24)23-19(13)14)11-6-9-17(26-2)15(21)10-11/h3-6,9-10,14,18H,7-8H2,1-2H3,(H,22,24). The van der Waals surface area contributed by atoms with Crippen molar-refractivity contribution in [3.05, 3.63) is 57.6 Å². The van der Waals surface area contributed by atoms with Gasteiger partial charge in [0.15, 0.2) is 0 Å². The van der Waals surface area contributed by atoms with E-state index in [1.807, 2.05) is 36.4 Å². The molecule has 1 aliphatic heterocycles. The number of aliphatic imine (C=N–C) groups is 1. The van der Waals surface area contributed by atoms with E-state index >= 15 is 0 Å². The zero-order valence-electron chi connectivity index (χ0n) is 14.6. The fourth-order valence-electron chi connectivity index (χ4n) is 3.93. The molecule has 4 rings (SSSR count). The normalized spacial score (nSPS) is 21.2. The number of amides is 2. The third-order valence-corrected chi connectivity index (χ3v) is 5.74. The second-order valence-electron chi connectivity index (χ2n) is 6.45. The van der Waals surface area contributed by atoms with Crippen LogP contribution in [0.3, 0.4) is 0 Å². The van der Waals surface area contributed by atoms with E-state index in [1.54, 1.807) is 14.2 Å². The second-order valence-corrected chi connectivity index (χ2v) is 7.30. The van der Waals surface area contributed by atoms with Crippen LogP contribution in [0.25, 0.3) is 0 Å². The minimum absolute atomic E-state index is 0.114. The summed E-state index contributed by atoms with van der Waals surface area (Å²) in [7, 11) is 3.31. The number of carbonyl (C=O) groups is 1. The Balaban J connectivity index is 1.77. The number of benzene rings is 2. The average Bonchev–Trinajstić information content (AvgIpc) is 2.66. The van der Waals surface area contributed by atoms with E-state index in [4.69, 9.17) is 9.47 Å². The van der Waals surface area contributed by atoms with Gasteiger partial charge in [-0.15, -0.1) is 0 Å². The first-order valence-corrected chi connectivity index (χ1v) is 9.30. The predicted molar refractivity (Wildman–Crippen MR) is 103 cm³/mol. The van der Waals surface area contributed by atoms with E-state index in [0.717, 1.165) is 51.2 Å². The predicted octanol–water partition coefficient (Wildman–Crippen LogP) is 4.28. The number of rotatable bonds is 3. The molecule has 0 bridgehead atoms. The lowest BCUT2D eigenvalue weighted by Crippen LogP contribution is -2.43.